The lowest BCUT2D eigenvalue weighted by atomic mass is 10.0. The molecule has 2 unspecified atom stereocenters. The van der Waals surface area contributed by atoms with Gasteiger partial charge in [0.1, 0.15) is 30.0 Å². The van der Waals surface area contributed by atoms with Crippen molar-refractivity contribution >= 4 is 29.5 Å². The van der Waals surface area contributed by atoms with Gasteiger partial charge in [0, 0.05) is 5.75 Å². The van der Waals surface area contributed by atoms with E-state index in [1.165, 1.54) is 27.7 Å². The molecule has 0 radical (unpaired) electrons. The zero-order valence-corrected chi connectivity index (χ0v) is 18.7. The van der Waals surface area contributed by atoms with Gasteiger partial charge in [0.05, 0.1) is 0 Å². The van der Waals surface area contributed by atoms with Crippen LogP contribution in [0.3, 0.4) is 0 Å². The van der Waals surface area contributed by atoms with Gasteiger partial charge in [-0.2, -0.15) is 0 Å². The smallest absolute Gasteiger partial charge is 0.355 e. The predicted octanol–water partition coefficient (Wildman–Crippen LogP) is 1.29. The first-order chi connectivity index (χ1) is 16.6. The molecule has 1 N–H and O–H groups in total. The quantitative estimate of drug-likeness (QED) is 0.400. The normalized spacial score (nSPS) is 19.1. The van der Waals surface area contributed by atoms with E-state index < -0.39 is 24.0 Å². The third-order valence-corrected chi connectivity index (χ3v) is 6.68. The molecule has 0 saturated carbocycles. The van der Waals surface area contributed by atoms with Gasteiger partial charge < -0.3 is 10.1 Å². The molecular formula is C23H20N6O4S. The highest BCUT2D eigenvalue weighted by molar-refractivity contribution is 8.00. The summed E-state index contributed by atoms with van der Waals surface area (Å²) in [7, 11) is 0. The third-order valence-electron chi connectivity index (χ3n) is 5.50. The number of nitrogens with one attached hydrogen (secondary N) is 1. The fraction of sp³-hybridized carbons (Fsp3) is 0.217. The molecule has 3 aromatic rings. The van der Waals surface area contributed by atoms with Gasteiger partial charge in [-0.15, -0.1) is 16.9 Å². The molecule has 172 valence electrons. The Kier molecular flexibility index (Phi) is 6.09. The number of aromatic nitrogens is 4. The van der Waals surface area contributed by atoms with Crippen molar-refractivity contribution in [2.75, 3.05) is 5.75 Å². The Morgan fingerprint density at radius 2 is 1.76 bits per heavy atom. The summed E-state index contributed by atoms with van der Waals surface area (Å²) in [6, 6.07) is 18.2. The van der Waals surface area contributed by atoms with Crippen LogP contribution in [0, 0.1) is 0 Å². The first kappa shape index (κ1) is 21.8. The molecule has 0 bridgehead atoms. The van der Waals surface area contributed by atoms with Crippen LogP contribution in [0.2, 0.25) is 0 Å². The summed E-state index contributed by atoms with van der Waals surface area (Å²) in [5.41, 5.74) is 1.84. The number of carbonyl (C=O) groups excluding carboxylic acids is 3. The van der Waals surface area contributed by atoms with E-state index in [1.807, 2.05) is 60.7 Å². The lowest BCUT2D eigenvalue weighted by molar-refractivity contribution is -0.154. The number of hydrogen-bond acceptors (Lipinski definition) is 8. The molecule has 1 saturated heterocycles. The van der Waals surface area contributed by atoms with E-state index in [0.29, 0.717) is 5.75 Å². The zero-order valence-electron chi connectivity index (χ0n) is 17.9. The Morgan fingerprint density at radius 1 is 1.09 bits per heavy atom. The lowest BCUT2D eigenvalue weighted by Crippen LogP contribution is -2.70. The van der Waals surface area contributed by atoms with Crippen LogP contribution < -0.4 is 5.32 Å². The number of rotatable bonds is 7. The van der Waals surface area contributed by atoms with Gasteiger partial charge in [-0.3, -0.25) is 14.5 Å². The monoisotopic (exact) mass is 476 g/mol. The second-order valence-corrected chi connectivity index (χ2v) is 8.83. The van der Waals surface area contributed by atoms with E-state index in [2.05, 4.69) is 20.8 Å². The van der Waals surface area contributed by atoms with Crippen LogP contribution in [-0.2, 0) is 25.7 Å². The van der Waals surface area contributed by atoms with E-state index in [0.717, 1.165) is 11.1 Å². The molecule has 2 aliphatic rings. The summed E-state index contributed by atoms with van der Waals surface area (Å²) in [6.07, 6.45) is 2.39. The van der Waals surface area contributed by atoms with E-state index in [9.17, 15) is 14.4 Å². The fourth-order valence-corrected chi connectivity index (χ4v) is 5.09. The molecule has 2 atom stereocenters. The van der Waals surface area contributed by atoms with Crippen LogP contribution in [-0.4, -0.2) is 60.1 Å². The van der Waals surface area contributed by atoms with Crippen molar-refractivity contribution in [3.05, 3.63) is 89.9 Å². The molecule has 11 heteroatoms. The summed E-state index contributed by atoms with van der Waals surface area (Å²) in [4.78, 5) is 39.8. The first-order valence-corrected chi connectivity index (χ1v) is 11.6. The summed E-state index contributed by atoms with van der Waals surface area (Å²) in [5.74, 6) is -0.825. The summed E-state index contributed by atoms with van der Waals surface area (Å²) < 4.78 is 7.19. The average molecular weight is 477 g/mol. The highest BCUT2D eigenvalue weighted by atomic mass is 32.2. The van der Waals surface area contributed by atoms with Gasteiger partial charge in [0.2, 0.25) is 5.91 Å². The Bertz CT molecular complexity index is 1180. The number of fused-ring (bicyclic) bond motifs is 1. The molecule has 0 aliphatic carbocycles. The molecule has 2 aliphatic heterocycles. The number of β-lactam (4-membered cyclic amide) rings is 1. The Morgan fingerprint density at radius 3 is 2.38 bits per heavy atom. The van der Waals surface area contributed by atoms with Crippen molar-refractivity contribution in [3.8, 4) is 0 Å². The van der Waals surface area contributed by atoms with Crippen molar-refractivity contribution in [2.24, 2.45) is 0 Å². The molecule has 3 heterocycles. The molecule has 2 amide bonds. The van der Waals surface area contributed by atoms with Crippen LogP contribution in [0.4, 0.5) is 0 Å². The van der Waals surface area contributed by atoms with Gasteiger partial charge in [0.15, 0.2) is 6.10 Å². The molecule has 2 aromatic carbocycles. The maximum absolute atomic E-state index is 13.2. The van der Waals surface area contributed by atoms with Crippen molar-refractivity contribution in [1.29, 1.82) is 0 Å². The van der Waals surface area contributed by atoms with Crippen LogP contribution in [0.25, 0.3) is 0 Å². The number of benzene rings is 2. The first-order valence-electron chi connectivity index (χ1n) is 10.6. The van der Waals surface area contributed by atoms with Crippen LogP contribution in [0.5, 0.6) is 0 Å². The number of hydrogen-bond donors (Lipinski definition) is 1. The zero-order chi connectivity index (χ0) is 23.5. The minimum absolute atomic E-state index is 0.102. The second kappa shape index (κ2) is 9.48. The predicted molar refractivity (Wildman–Crippen MR) is 122 cm³/mol. The summed E-state index contributed by atoms with van der Waals surface area (Å²) >= 11 is 1.47. The van der Waals surface area contributed by atoms with Crippen LogP contribution in [0.15, 0.2) is 78.8 Å². The number of carbonyl (C=O) groups is 3. The SMILES string of the molecule is O=C(Cn1cnnn1)NC1C(=O)N2C(C(=O)OC(c3ccccc3)c3ccccc3)=CCSC12. The topological polar surface area (TPSA) is 119 Å². The van der Waals surface area contributed by atoms with E-state index in [1.54, 1.807) is 6.08 Å². The number of ether oxygens (including phenoxy) is 1. The van der Waals surface area contributed by atoms with Gasteiger partial charge >= 0.3 is 5.97 Å². The van der Waals surface area contributed by atoms with E-state index >= 15 is 0 Å². The minimum atomic E-state index is -0.732. The van der Waals surface area contributed by atoms with Crippen LogP contribution in [0.1, 0.15) is 17.2 Å². The number of esters is 1. The minimum Gasteiger partial charge on any atom is -0.448 e. The highest BCUT2D eigenvalue weighted by Gasteiger charge is 2.53. The molecular weight excluding hydrogens is 456 g/mol. The van der Waals surface area contributed by atoms with Crippen molar-refractivity contribution in [1.82, 2.24) is 30.4 Å². The molecule has 5 rings (SSSR count). The fourth-order valence-electron chi connectivity index (χ4n) is 3.90. The van der Waals surface area contributed by atoms with Gasteiger partial charge in [-0.05, 0) is 27.6 Å². The van der Waals surface area contributed by atoms with Crippen molar-refractivity contribution < 1.29 is 19.1 Å². The van der Waals surface area contributed by atoms with Gasteiger partial charge in [0.25, 0.3) is 5.91 Å². The molecule has 1 aromatic heterocycles. The van der Waals surface area contributed by atoms with E-state index in [-0.39, 0.29) is 23.5 Å². The lowest BCUT2D eigenvalue weighted by Gasteiger charge is -2.48. The van der Waals surface area contributed by atoms with E-state index in [4.69, 9.17) is 4.74 Å². The Labute approximate surface area is 199 Å². The number of amides is 2. The standard InChI is InChI=1S/C23H20N6O4S/c30-18(13-28-14-24-26-27-28)25-19-21(31)29-17(11-12-34-22(19)29)23(32)33-20(15-7-3-1-4-8-15)16-9-5-2-6-10-16/h1-11,14,19-20,22H,12-13H2,(H,25,30). The maximum Gasteiger partial charge on any atom is 0.355 e. The third kappa shape index (κ3) is 4.29. The largest absolute Gasteiger partial charge is 0.448 e. The molecule has 34 heavy (non-hydrogen) atoms. The number of tetrazole rings is 1. The number of nitrogens with zero attached hydrogens (tertiary/aromatic N) is 5. The van der Waals surface area contributed by atoms with Gasteiger partial charge in [-0.1, -0.05) is 60.7 Å². The molecule has 1 fully saturated rings. The summed E-state index contributed by atoms with van der Waals surface area (Å²) in [5, 5.41) is 12.9. The van der Waals surface area contributed by atoms with Crippen molar-refractivity contribution in [2.45, 2.75) is 24.1 Å². The van der Waals surface area contributed by atoms with Gasteiger partial charge in [-0.25, -0.2) is 9.48 Å². The number of thioether (sulfide) groups is 1. The second-order valence-electron chi connectivity index (χ2n) is 7.68. The highest BCUT2D eigenvalue weighted by Crippen LogP contribution is 2.38. The van der Waals surface area contributed by atoms with Crippen molar-refractivity contribution in [3.63, 3.8) is 0 Å². The Balaban J connectivity index is 1.29. The Hall–Kier alpha value is -3.99. The molecule has 10 nitrogen and oxygen atoms in total. The van der Waals surface area contributed by atoms with Crippen LogP contribution >= 0.6 is 11.8 Å². The molecule has 0 spiro atoms. The average Bonchev–Trinajstić information content (AvgIpc) is 3.39. The maximum atomic E-state index is 13.2. The summed E-state index contributed by atoms with van der Waals surface area (Å²) in [6.45, 7) is -0.102.